The van der Waals surface area contributed by atoms with E-state index in [9.17, 15) is 8.78 Å². The van der Waals surface area contributed by atoms with E-state index in [0.717, 1.165) is 5.82 Å². The van der Waals surface area contributed by atoms with E-state index in [-0.39, 0.29) is 18.8 Å². The van der Waals surface area contributed by atoms with Gasteiger partial charge in [0.2, 0.25) is 5.92 Å². The molecule has 2 rings (SSSR count). The third-order valence-electron chi connectivity index (χ3n) is 3.26. The smallest absolute Gasteiger partial charge is 0.248 e. The van der Waals surface area contributed by atoms with Crippen LogP contribution in [0.1, 0.15) is 43.3 Å². The van der Waals surface area contributed by atoms with Gasteiger partial charge >= 0.3 is 0 Å². The molecule has 0 spiro atoms. The van der Waals surface area contributed by atoms with Crippen molar-refractivity contribution >= 4 is 0 Å². The van der Waals surface area contributed by atoms with E-state index in [1.165, 1.54) is 0 Å². The molecule has 0 bridgehead atoms. The first kappa shape index (κ1) is 11.4. The summed E-state index contributed by atoms with van der Waals surface area (Å²) in [6.07, 6.45) is 0.845. The topological polar surface area (TPSA) is 56.7 Å². The molecule has 0 amide bonds. The number of nitrogens with zero attached hydrogens (tertiary/aromatic N) is 3. The third-order valence-corrected chi connectivity index (χ3v) is 3.26. The second kappa shape index (κ2) is 4.08. The predicted octanol–water partition coefficient (Wildman–Crippen LogP) is 1.57. The number of nitrogens with two attached hydrogens (primary N) is 1. The SMILES string of the molecule is Cn1c(CN)nnc1C1CCC(F)(F)CC1. The van der Waals surface area contributed by atoms with E-state index >= 15 is 0 Å². The number of aromatic nitrogens is 3. The maximum Gasteiger partial charge on any atom is 0.248 e. The fourth-order valence-electron chi connectivity index (χ4n) is 2.21. The Kier molecular flexibility index (Phi) is 2.92. The van der Waals surface area contributed by atoms with E-state index in [1.807, 2.05) is 11.6 Å². The third kappa shape index (κ3) is 2.07. The van der Waals surface area contributed by atoms with Gasteiger partial charge in [0.15, 0.2) is 0 Å². The summed E-state index contributed by atoms with van der Waals surface area (Å²) in [6, 6.07) is 0. The first-order valence-corrected chi connectivity index (χ1v) is 5.49. The number of alkyl halides is 2. The van der Waals surface area contributed by atoms with Crippen molar-refractivity contribution in [2.24, 2.45) is 12.8 Å². The Morgan fingerprint density at radius 1 is 1.38 bits per heavy atom. The van der Waals surface area contributed by atoms with E-state index in [0.29, 0.717) is 25.2 Å². The molecule has 1 aromatic heterocycles. The van der Waals surface area contributed by atoms with Crippen molar-refractivity contribution in [3.05, 3.63) is 11.6 Å². The number of hydrogen-bond acceptors (Lipinski definition) is 3. The van der Waals surface area contributed by atoms with Gasteiger partial charge in [-0.15, -0.1) is 10.2 Å². The lowest BCUT2D eigenvalue weighted by Crippen LogP contribution is -2.25. The van der Waals surface area contributed by atoms with Crippen molar-refractivity contribution in [1.29, 1.82) is 0 Å². The molecule has 0 atom stereocenters. The molecule has 0 saturated heterocycles. The molecule has 1 aliphatic rings. The fourth-order valence-corrected chi connectivity index (χ4v) is 2.21. The van der Waals surface area contributed by atoms with Crippen LogP contribution in [0.25, 0.3) is 0 Å². The largest absolute Gasteiger partial charge is 0.324 e. The first-order valence-electron chi connectivity index (χ1n) is 5.49. The lowest BCUT2D eigenvalue weighted by atomic mass is 9.86. The molecule has 1 aromatic rings. The summed E-state index contributed by atoms with van der Waals surface area (Å²) in [4.78, 5) is 0. The van der Waals surface area contributed by atoms with Crippen molar-refractivity contribution in [2.45, 2.75) is 44.1 Å². The summed E-state index contributed by atoms with van der Waals surface area (Å²) >= 11 is 0. The molecule has 0 aliphatic heterocycles. The van der Waals surface area contributed by atoms with Crippen LogP contribution >= 0.6 is 0 Å². The average Bonchev–Trinajstić information content (AvgIpc) is 2.60. The van der Waals surface area contributed by atoms with Gasteiger partial charge in [-0.2, -0.15) is 0 Å². The molecule has 90 valence electrons. The van der Waals surface area contributed by atoms with Crippen LogP contribution in [-0.4, -0.2) is 20.7 Å². The first-order chi connectivity index (χ1) is 7.53. The van der Waals surface area contributed by atoms with E-state index in [4.69, 9.17) is 5.73 Å². The van der Waals surface area contributed by atoms with Gasteiger partial charge in [-0.05, 0) is 12.8 Å². The van der Waals surface area contributed by atoms with Crippen molar-refractivity contribution in [3.63, 3.8) is 0 Å². The molecular formula is C10H16F2N4. The lowest BCUT2D eigenvalue weighted by Gasteiger charge is -2.27. The van der Waals surface area contributed by atoms with Gasteiger partial charge in [-0.1, -0.05) is 0 Å². The normalized spacial score (nSPS) is 21.2. The summed E-state index contributed by atoms with van der Waals surface area (Å²) in [7, 11) is 1.84. The van der Waals surface area contributed by atoms with Gasteiger partial charge in [0, 0.05) is 25.8 Å². The molecule has 6 heteroatoms. The molecule has 1 aliphatic carbocycles. The molecule has 0 aromatic carbocycles. The van der Waals surface area contributed by atoms with E-state index in [2.05, 4.69) is 10.2 Å². The molecule has 1 heterocycles. The Morgan fingerprint density at radius 3 is 2.50 bits per heavy atom. The highest BCUT2D eigenvalue weighted by molar-refractivity contribution is 5.03. The van der Waals surface area contributed by atoms with Gasteiger partial charge in [0.25, 0.3) is 0 Å². The van der Waals surface area contributed by atoms with Gasteiger partial charge in [-0.25, -0.2) is 8.78 Å². The fraction of sp³-hybridized carbons (Fsp3) is 0.800. The van der Waals surface area contributed by atoms with Gasteiger partial charge in [0.05, 0.1) is 6.54 Å². The van der Waals surface area contributed by atoms with Crippen LogP contribution in [0, 0.1) is 0 Å². The standard InChI is InChI=1S/C10H16F2N4/c1-16-8(6-13)14-15-9(16)7-2-4-10(11,12)5-3-7/h7H,2-6,13H2,1H3. The Balaban J connectivity index is 2.11. The maximum absolute atomic E-state index is 13.0. The Bertz CT molecular complexity index is 365. The van der Waals surface area contributed by atoms with Crippen LogP contribution in [0.2, 0.25) is 0 Å². The van der Waals surface area contributed by atoms with Gasteiger partial charge < -0.3 is 10.3 Å². The van der Waals surface area contributed by atoms with Gasteiger partial charge in [0.1, 0.15) is 11.6 Å². The van der Waals surface area contributed by atoms with Crippen molar-refractivity contribution < 1.29 is 8.78 Å². The highest BCUT2D eigenvalue weighted by Crippen LogP contribution is 2.40. The minimum Gasteiger partial charge on any atom is -0.324 e. The summed E-state index contributed by atoms with van der Waals surface area (Å²) in [6.45, 7) is 0.326. The number of halogens is 2. The Morgan fingerprint density at radius 2 is 2.00 bits per heavy atom. The molecule has 0 unspecified atom stereocenters. The van der Waals surface area contributed by atoms with Crippen molar-refractivity contribution in [1.82, 2.24) is 14.8 Å². The average molecular weight is 230 g/mol. The maximum atomic E-state index is 13.0. The van der Waals surface area contributed by atoms with Crippen LogP contribution in [0.5, 0.6) is 0 Å². The van der Waals surface area contributed by atoms with Crippen LogP contribution < -0.4 is 5.73 Å². The summed E-state index contributed by atoms with van der Waals surface area (Å²) < 4.78 is 27.8. The van der Waals surface area contributed by atoms with Crippen LogP contribution in [0.3, 0.4) is 0 Å². The molecular weight excluding hydrogens is 214 g/mol. The summed E-state index contributed by atoms with van der Waals surface area (Å²) in [5, 5.41) is 7.99. The number of hydrogen-bond donors (Lipinski definition) is 1. The quantitative estimate of drug-likeness (QED) is 0.839. The highest BCUT2D eigenvalue weighted by Gasteiger charge is 2.36. The highest BCUT2D eigenvalue weighted by atomic mass is 19.3. The summed E-state index contributed by atoms with van der Waals surface area (Å²) in [5.74, 6) is -0.910. The molecule has 16 heavy (non-hydrogen) atoms. The second-order valence-corrected chi connectivity index (χ2v) is 4.37. The molecule has 1 saturated carbocycles. The molecule has 1 fully saturated rings. The Labute approximate surface area is 92.8 Å². The minimum atomic E-state index is -2.49. The molecule has 0 radical (unpaired) electrons. The zero-order chi connectivity index (χ0) is 11.8. The van der Waals surface area contributed by atoms with Crippen LogP contribution in [0.15, 0.2) is 0 Å². The molecule has 2 N–H and O–H groups in total. The Hall–Kier alpha value is -1.04. The monoisotopic (exact) mass is 230 g/mol. The summed E-state index contributed by atoms with van der Waals surface area (Å²) in [5.41, 5.74) is 5.49. The zero-order valence-electron chi connectivity index (χ0n) is 9.29. The van der Waals surface area contributed by atoms with Gasteiger partial charge in [-0.3, -0.25) is 0 Å². The van der Waals surface area contributed by atoms with Crippen LogP contribution in [-0.2, 0) is 13.6 Å². The van der Waals surface area contributed by atoms with Crippen molar-refractivity contribution in [3.8, 4) is 0 Å². The van der Waals surface area contributed by atoms with E-state index in [1.54, 1.807) is 0 Å². The van der Waals surface area contributed by atoms with Crippen molar-refractivity contribution in [2.75, 3.05) is 0 Å². The number of rotatable bonds is 2. The molecule has 4 nitrogen and oxygen atoms in total. The second-order valence-electron chi connectivity index (χ2n) is 4.37. The minimum absolute atomic E-state index is 0.0531. The lowest BCUT2D eigenvalue weighted by molar-refractivity contribution is -0.0389. The zero-order valence-corrected chi connectivity index (χ0v) is 9.29. The van der Waals surface area contributed by atoms with Crippen LogP contribution in [0.4, 0.5) is 8.78 Å². The predicted molar refractivity (Wildman–Crippen MR) is 55.1 cm³/mol. The van der Waals surface area contributed by atoms with E-state index < -0.39 is 5.92 Å².